The van der Waals surface area contributed by atoms with E-state index < -0.39 is 0 Å². The van der Waals surface area contributed by atoms with Crippen LogP contribution >= 0.6 is 35.7 Å². The van der Waals surface area contributed by atoms with E-state index in [9.17, 15) is 0 Å². The zero-order valence-electron chi connectivity index (χ0n) is 18.3. The summed E-state index contributed by atoms with van der Waals surface area (Å²) in [5, 5.41) is 5.50. The van der Waals surface area contributed by atoms with Crippen LogP contribution in [0.1, 0.15) is 90.9 Å². The van der Waals surface area contributed by atoms with Gasteiger partial charge in [0.05, 0.1) is 4.99 Å². The number of nitrogens with zero attached hydrogens (tertiary/aromatic N) is 2. The summed E-state index contributed by atoms with van der Waals surface area (Å²) in [5.74, 6) is 0.461. The summed E-state index contributed by atoms with van der Waals surface area (Å²) in [6.45, 7) is 4.54. The highest BCUT2D eigenvalue weighted by molar-refractivity contribution is 7.99. The normalized spacial score (nSPS) is 12.1. The number of aromatic nitrogens is 2. The lowest BCUT2D eigenvalue weighted by Gasteiger charge is -2.21. The van der Waals surface area contributed by atoms with Crippen molar-refractivity contribution in [3.63, 3.8) is 0 Å². The van der Waals surface area contributed by atoms with E-state index in [4.69, 9.17) is 12.2 Å². The van der Waals surface area contributed by atoms with Gasteiger partial charge in [-0.15, -0.1) is 23.5 Å². The summed E-state index contributed by atoms with van der Waals surface area (Å²) < 4.78 is 0. The maximum absolute atomic E-state index is 5.88. The molecule has 1 aromatic heterocycles. The number of unbranched alkanes of at least 4 members (excludes halogenated alkanes) is 8. The molecule has 1 N–H and O–H groups in total. The van der Waals surface area contributed by atoms with Crippen LogP contribution in [-0.4, -0.2) is 27.5 Å². The van der Waals surface area contributed by atoms with Gasteiger partial charge in [-0.1, -0.05) is 90.3 Å². The van der Waals surface area contributed by atoms with Crippen LogP contribution in [0.2, 0.25) is 0 Å². The van der Waals surface area contributed by atoms with Crippen molar-refractivity contribution in [3.05, 3.63) is 6.33 Å². The van der Waals surface area contributed by atoms with Gasteiger partial charge >= 0.3 is 0 Å². The van der Waals surface area contributed by atoms with E-state index in [2.05, 4.69) is 41.6 Å². The Morgan fingerprint density at radius 3 is 1.82 bits per heavy atom. The molecule has 0 aliphatic carbocycles. The molecule has 0 amide bonds. The number of rotatable bonds is 16. The van der Waals surface area contributed by atoms with Gasteiger partial charge in [-0.3, -0.25) is 0 Å². The van der Waals surface area contributed by atoms with Gasteiger partial charge < -0.3 is 5.32 Å². The first-order chi connectivity index (χ1) is 13.7. The fourth-order valence-electron chi connectivity index (χ4n) is 3.39. The minimum atomic E-state index is 0.461. The van der Waals surface area contributed by atoms with E-state index >= 15 is 0 Å². The van der Waals surface area contributed by atoms with Crippen molar-refractivity contribution >= 4 is 46.4 Å². The summed E-state index contributed by atoms with van der Waals surface area (Å²) >= 11 is 9.18. The molecule has 0 aliphatic rings. The third-order valence-corrected chi connectivity index (χ3v) is 6.92. The Balaban J connectivity index is 2.69. The highest BCUT2D eigenvalue weighted by Crippen LogP contribution is 2.32. The molecule has 1 rings (SSSR count). The van der Waals surface area contributed by atoms with Crippen molar-refractivity contribution < 1.29 is 0 Å². The summed E-state index contributed by atoms with van der Waals surface area (Å²) in [7, 11) is 0. The first kappa shape index (κ1) is 25.7. The number of thioether (sulfide) groups is 2. The molecule has 0 aromatic carbocycles. The van der Waals surface area contributed by atoms with Crippen LogP contribution in [0.3, 0.4) is 0 Å². The smallest absolute Gasteiger partial charge is 0.124 e. The van der Waals surface area contributed by atoms with E-state index in [1.165, 1.54) is 77.0 Å². The van der Waals surface area contributed by atoms with E-state index in [0.29, 0.717) is 5.92 Å². The standard InChI is InChI=1S/C22H39N3S3/c1-5-7-9-11-12-14-16-18(15-13-10-8-6-2)20(26)25-19-21(27-3)23-17-24-22(19)28-4/h17-18H,5-16H2,1-4H3,(H,25,26). The van der Waals surface area contributed by atoms with Crippen molar-refractivity contribution in [2.45, 2.75) is 101 Å². The van der Waals surface area contributed by atoms with Crippen molar-refractivity contribution in [3.8, 4) is 0 Å². The molecular weight excluding hydrogens is 402 g/mol. The second kappa shape index (κ2) is 16.5. The van der Waals surface area contributed by atoms with Crippen LogP contribution in [-0.2, 0) is 0 Å². The highest BCUT2D eigenvalue weighted by Gasteiger charge is 2.18. The van der Waals surface area contributed by atoms with Crippen LogP contribution in [0.5, 0.6) is 0 Å². The fourth-order valence-corrected chi connectivity index (χ4v) is 4.80. The largest absolute Gasteiger partial charge is 0.345 e. The fraction of sp³-hybridized carbons (Fsp3) is 0.773. The molecule has 1 heterocycles. The van der Waals surface area contributed by atoms with Crippen LogP contribution in [0.15, 0.2) is 16.4 Å². The first-order valence-corrected chi connectivity index (χ1v) is 13.8. The Morgan fingerprint density at radius 2 is 1.32 bits per heavy atom. The van der Waals surface area contributed by atoms with Crippen LogP contribution in [0, 0.1) is 5.92 Å². The summed E-state index contributed by atoms with van der Waals surface area (Å²) in [6.07, 6.45) is 21.3. The Hall–Kier alpha value is -0.330. The molecule has 1 unspecified atom stereocenters. The van der Waals surface area contributed by atoms with Crippen LogP contribution in [0.4, 0.5) is 5.69 Å². The molecular formula is C22H39N3S3. The van der Waals surface area contributed by atoms with Crippen molar-refractivity contribution in [2.75, 3.05) is 17.8 Å². The zero-order chi connectivity index (χ0) is 20.6. The number of thiocarbonyl (C=S) groups is 1. The molecule has 0 aliphatic heterocycles. The lowest BCUT2D eigenvalue weighted by molar-refractivity contribution is 0.491. The minimum Gasteiger partial charge on any atom is -0.345 e. The molecule has 0 bridgehead atoms. The SMILES string of the molecule is CCCCCCCCC(CCCCCC)C(=S)Nc1c(SC)ncnc1SC. The monoisotopic (exact) mass is 441 g/mol. The maximum atomic E-state index is 5.88. The van der Waals surface area contributed by atoms with Gasteiger partial charge in [-0.25, -0.2) is 9.97 Å². The quantitative estimate of drug-likeness (QED) is 0.121. The first-order valence-electron chi connectivity index (χ1n) is 10.9. The predicted octanol–water partition coefficient (Wildman–Crippen LogP) is 8.00. The summed E-state index contributed by atoms with van der Waals surface area (Å²) in [6, 6.07) is 0. The molecule has 0 radical (unpaired) electrons. The summed E-state index contributed by atoms with van der Waals surface area (Å²) in [4.78, 5) is 9.83. The Labute approximate surface area is 187 Å². The van der Waals surface area contributed by atoms with Gasteiger partial charge in [0.25, 0.3) is 0 Å². The molecule has 0 saturated carbocycles. The predicted molar refractivity (Wildman–Crippen MR) is 132 cm³/mol. The van der Waals surface area contributed by atoms with Gasteiger partial charge in [0, 0.05) is 5.92 Å². The van der Waals surface area contributed by atoms with E-state index in [-0.39, 0.29) is 0 Å². The molecule has 0 fully saturated rings. The third kappa shape index (κ3) is 9.93. The molecule has 160 valence electrons. The molecule has 3 nitrogen and oxygen atoms in total. The average Bonchev–Trinajstić information content (AvgIpc) is 2.72. The Bertz CT molecular complexity index is 530. The van der Waals surface area contributed by atoms with E-state index in [1.54, 1.807) is 29.9 Å². The average molecular weight is 442 g/mol. The highest BCUT2D eigenvalue weighted by atomic mass is 32.2. The summed E-state index contributed by atoms with van der Waals surface area (Å²) in [5.41, 5.74) is 0.994. The number of nitrogens with one attached hydrogen (secondary N) is 1. The zero-order valence-corrected chi connectivity index (χ0v) is 20.7. The number of anilines is 1. The second-order valence-electron chi connectivity index (χ2n) is 7.36. The molecule has 0 spiro atoms. The molecule has 1 atom stereocenters. The third-order valence-electron chi connectivity index (χ3n) is 5.10. The minimum absolute atomic E-state index is 0.461. The molecule has 0 saturated heterocycles. The topological polar surface area (TPSA) is 37.8 Å². The Morgan fingerprint density at radius 1 is 0.857 bits per heavy atom. The van der Waals surface area contributed by atoms with Gasteiger partial charge in [0.15, 0.2) is 0 Å². The van der Waals surface area contributed by atoms with Gasteiger partial charge in [0.2, 0.25) is 0 Å². The van der Waals surface area contributed by atoms with Crippen molar-refractivity contribution in [1.82, 2.24) is 9.97 Å². The second-order valence-corrected chi connectivity index (χ2v) is 9.39. The van der Waals surface area contributed by atoms with Crippen molar-refractivity contribution in [2.24, 2.45) is 5.92 Å². The molecule has 28 heavy (non-hydrogen) atoms. The lowest BCUT2D eigenvalue weighted by Crippen LogP contribution is -2.22. The van der Waals surface area contributed by atoms with Gasteiger partial charge in [-0.05, 0) is 25.4 Å². The lowest BCUT2D eigenvalue weighted by atomic mass is 9.94. The molecule has 6 heteroatoms. The van der Waals surface area contributed by atoms with E-state index in [1.807, 2.05) is 0 Å². The van der Waals surface area contributed by atoms with Crippen LogP contribution < -0.4 is 5.32 Å². The van der Waals surface area contributed by atoms with Gasteiger partial charge in [-0.2, -0.15) is 0 Å². The van der Waals surface area contributed by atoms with Crippen molar-refractivity contribution in [1.29, 1.82) is 0 Å². The Kier molecular flexibility index (Phi) is 15.1. The maximum Gasteiger partial charge on any atom is 0.124 e. The van der Waals surface area contributed by atoms with Crippen LogP contribution in [0.25, 0.3) is 0 Å². The van der Waals surface area contributed by atoms with E-state index in [0.717, 1.165) is 20.7 Å². The number of hydrogen-bond acceptors (Lipinski definition) is 5. The number of hydrogen-bond donors (Lipinski definition) is 1. The molecule has 1 aromatic rings. The van der Waals surface area contributed by atoms with Gasteiger partial charge in [0.1, 0.15) is 22.1 Å².